The Morgan fingerprint density at radius 2 is 2.08 bits per heavy atom. The van der Waals surface area contributed by atoms with Crippen LogP contribution in [0.25, 0.3) is 5.82 Å². The van der Waals surface area contributed by atoms with E-state index >= 15 is 0 Å². The molecule has 3 aromatic rings. The van der Waals surface area contributed by atoms with Crippen LogP contribution in [-0.2, 0) is 0 Å². The van der Waals surface area contributed by atoms with Crippen molar-refractivity contribution in [1.82, 2.24) is 24.4 Å². The molecule has 1 aliphatic rings. The molecule has 6 heteroatoms. The van der Waals surface area contributed by atoms with E-state index in [1.54, 1.807) is 37.1 Å². The Balaban J connectivity index is 1.64. The second kappa shape index (κ2) is 6.23. The van der Waals surface area contributed by atoms with E-state index in [1.165, 1.54) is 0 Å². The van der Waals surface area contributed by atoms with Crippen molar-refractivity contribution in [1.29, 1.82) is 0 Å². The molecule has 1 amide bonds. The highest BCUT2D eigenvalue weighted by atomic mass is 16.2. The van der Waals surface area contributed by atoms with Crippen molar-refractivity contribution in [3.05, 3.63) is 72.7 Å². The lowest BCUT2D eigenvalue weighted by atomic mass is 10.1. The lowest BCUT2D eigenvalue weighted by Crippen LogP contribution is -2.31. The highest BCUT2D eigenvalue weighted by molar-refractivity contribution is 5.94. The smallest absolute Gasteiger partial charge is 0.255 e. The van der Waals surface area contributed by atoms with Gasteiger partial charge in [-0.2, -0.15) is 0 Å². The molecule has 0 saturated carbocycles. The summed E-state index contributed by atoms with van der Waals surface area (Å²) in [5.74, 6) is 0.825. The Hall–Kier alpha value is -3.02. The molecule has 0 radical (unpaired) electrons. The maximum absolute atomic E-state index is 12.8. The Bertz CT molecular complexity index is 832. The Kier molecular flexibility index (Phi) is 3.78. The first-order valence-corrected chi connectivity index (χ1v) is 7.99. The zero-order chi connectivity index (χ0) is 16.4. The van der Waals surface area contributed by atoms with E-state index in [-0.39, 0.29) is 11.9 Å². The number of carbonyl (C=O) groups is 1. The van der Waals surface area contributed by atoms with Crippen LogP contribution in [0.2, 0.25) is 0 Å². The standard InChI is InChI=1S/C18H17N5O/c24-18(14-4-2-8-19-12-14)23-10-3-6-16(23)15-5-1-7-17(21-15)22-11-9-20-13-22/h1-2,4-5,7-9,11-13,16H,3,6,10H2. The molecule has 6 nitrogen and oxygen atoms in total. The summed E-state index contributed by atoms with van der Waals surface area (Å²) >= 11 is 0. The number of likely N-dealkylation sites (tertiary alicyclic amines) is 1. The molecular weight excluding hydrogens is 302 g/mol. The molecule has 24 heavy (non-hydrogen) atoms. The van der Waals surface area contributed by atoms with Crippen LogP contribution in [0.15, 0.2) is 61.4 Å². The van der Waals surface area contributed by atoms with Gasteiger partial charge < -0.3 is 4.90 Å². The molecule has 4 heterocycles. The van der Waals surface area contributed by atoms with Crippen LogP contribution in [0.1, 0.15) is 34.9 Å². The van der Waals surface area contributed by atoms with Crippen LogP contribution in [0.4, 0.5) is 0 Å². The normalized spacial score (nSPS) is 17.2. The summed E-state index contributed by atoms with van der Waals surface area (Å²) in [5.41, 5.74) is 1.53. The van der Waals surface area contributed by atoms with Gasteiger partial charge in [0.1, 0.15) is 12.1 Å². The van der Waals surface area contributed by atoms with E-state index in [1.807, 2.05) is 33.9 Å². The number of aromatic nitrogens is 4. The second-order valence-corrected chi connectivity index (χ2v) is 5.79. The largest absolute Gasteiger partial charge is 0.330 e. The van der Waals surface area contributed by atoms with Gasteiger partial charge in [-0.1, -0.05) is 6.07 Å². The minimum Gasteiger partial charge on any atom is -0.330 e. The molecule has 0 aliphatic carbocycles. The van der Waals surface area contributed by atoms with Crippen molar-refractivity contribution < 1.29 is 4.79 Å². The van der Waals surface area contributed by atoms with Gasteiger partial charge in [-0.05, 0) is 37.1 Å². The van der Waals surface area contributed by atoms with Crippen molar-refractivity contribution in [2.75, 3.05) is 6.54 Å². The minimum absolute atomic E-state index is 0.00109. The summed E-state index contributed by atoms with van der Waals surface area (Å²) in [6.07, 6.45) is 10.5. The average Bonchev–Trinajstić information content (AvgIpc) is 3.34. The first-order chi connectivity index (χ1) is 11.8. The van der Waals surface area contributed by atoms with E-state index in [0.717, 1.165) is 30.9 Å². The van der Waals surface area contributed by atoms with Gasteiger partial charge in [-0.15, -0.1) is 0 Å². The van der Waals surface area contributed by atoms with Gasteiger partial charge in [0, 0.05) is 31.3 Å². The summed E-state index contributed by atoms with van der Waals surface area (Å²) in [6.45, 7) is 0.745. The van der Waals surface area contributed by atoms with Gasteiger partial charge in [0.05, 0.1) is 17.3 Å². The first kappa shape index (κ1) is 14.6. The maximum atomic E-state index is 12.8. The molecule has 3 aromatic heterocycles. The number of hydrogen-bond acceptors (Lipinski definition) is 4. The molecule has 120 valence electrons. The molecule has 1 atom stereocenters. The molecule has 0 aromatic carbocycles. The van der Waals surface area contributed by atoms with E-state index < -0.39 is 0 Å². The molecule has 1 fully saturated rings. The third-order valence-electron chi connectivity index (χ3n) is 4.29. The van der Waals surface area contributed by atoms with E-state index in [4.69, 9.17) is 4.98 Å². The Morgan fingerprint density at radius 1 is 1.12 bits per heavy atom. The lowest BCUT2D eigenvalue weighted by Gasteiger charge is -2.24. The monoisotopic (exact) mass is 319 g/mol. The second-order valence-electron chi connectivity index (χ2n) is 5.79. The summed E-state index contributed by atoms with van der Waals surface area (Å²) in [6, 6.07) is 9.49. The van der Waals surface area contributed by atoms with Gasteiger partial charge >= 0.3 is 0 Å². The number of carbonyl (C=O) groups excluding carboxylic acids is 1. The van der Waals surface area contributed by atoms with Crippen LogP contribution >= 0.6 is 0 Å². The Labute approximate surface area is 139 Å². The molecular formula is C18H17N5O. The number of amides is 1. The van der Waals surface area contributed by atoms with Gasteiger partial charge in [-0.3, -0.25) is 14.3 Å². The number of nitrogens with zero attached hydrogens (tertiary/aromatic N) is 5. The van der Waals surface area contributed by atoms with Gasteiger partial charge in [0.25, 0.3) is 5.91 Å². The lowest BCUT2D eigenvalue weighted by molar-refractivity contribution is 0.0732. The average molecular weight is 319 g/mol. The summed E-state index contributed by atoms with van der Waals surface area (Å²) in [7, 11) is 0. The van der Waals surface area contributed by atoms with Gasteiger partial charge in [-0.25, -0.2) is 9.97 Å². The fourth-order valence-electron chi connectivity index (χ4n) is 3.14. The van der Waals surface area contributed by atoms with Crippen molar-refractivity contribution >= 4 is 5.91 Å². The van der Waals surface area contributed by atoms with Crippen LogP contribution in [0.3, 0.4) is 0 Å². The van der Waals surface area contributed by atoms with Gasteiger partial charge in [0.2, 0.25) is 0 Å². The van der Waals surface area contributed by atoms with Crippen LogP contribution < -0.4 is 0 Å². The SMILES string of the molecule is O=C(c1cccnc1)N1CCCC1c1cccc(-n2ccnc2)n1. The number of hydrogen-bond donors (Lipinski definition) is 0. The van der Waals surface area contributed by atoms with Crippen molar-refractivity contribution in [2.45, 2.75) is 18.9 Å². The van der Waals surface area contributed by atoms with E-state index in [2.05, 4.69) is 9.97 Å². The van der Waals surface area contributed by atoms with E-state index in [9.17, 15) is 4.79 Å². The minimum atomic E-state index is 0.00109. The molecule has 1 unspecified atom stereocenters. The third kappa shape index (κ3) is 2.67. The summed E-state index contributed by atoms with van der Waals surface area (Å²) in [5, 5.41) is 0. The maximum Gasteiger partial charge on any atom is 0.255 e. The number of pyridine rings is 2. The first-order valence-electron chi connectivity index (χ1n) is 7.99. The van der Waals surface area contributed by atoms with Crippen molar-refractivity contribution in [2.24, 2.45) is 0 Å². The predicted octanol–water partition coefficient (Wildman–Crippen LogP) is 2.64. The van der Waals surface area contributed by atoms with Crippen LogP contribution in [-0.4, -0.2) is 36.9 Å². The number of imidazole rings is 1. The van der Waals surface area contributed by atoms with Crippen LogP contribution in [0, 0.1) is 0 Å². The fourth-order valence-corrected chi connectivity index (χ4v) is 3.14. The highest BCUT2D eigenvalue weighted by Gasteiger charge is 2.31. The Morgan fingerprint density at radius 3 is 2.88 bits per heavy atom. The van der Waals surface area contributed by atoms with Gasteiger partial charge in [0.15, 0.2) is 0 Å². The zero-order valence-electron chi connectivity index (χ0n) is 13.1. The molecule has 1 aliphatic heterocycles. The molecule has 0 bridgehead atoms. The third-order valence-corrected chi connectivity index (χ3v) is 4.29. The summed E-state index contributed by atoms with van der Waals surface area (Å²) < 4.78 is 1.87. The van der Waals surface area contributed by atoms with E-state index in [0.29, 0.717) is 5.56 Å². The van der Waals surface area contributed by atoms with Crippen molar-refractivity contribution in [3.8, 4) is 5.82 Å². The number of rotatable bonds is 3. The molecule has 0 spiro atoms. The quantitative estimate of drug-likeness (QED) is 0.744. The molecule has 0 N–H and O–H groups in total. The molecule has 4 rings (SSSR count). The zero-order valence-corrected chi connectivity index (χ0v) is 13.1. The van der Waals surface area contributed by atoms with Crippen molar-refractivity contribution in [3.63, 3.8) is 0 Å². The predicted molar refractivity (Wildman–Crippen MR) is 88.6 cm³/mol. The topological polar surface area (TPSA) is 63.9 Å². The fraction of sp³-hybridized carbons (Fsp3) is 0.222. The highest BCUT2D eigenvalue weighted by Crippen LogP contribution is 2.32. The molecule has 1 saturated heterocycles. The van der Waals surface area contributed by atoms with Crippen LogP contribution in [0.5, 0.6) is 0 Å². The summed E-state index contributed by atoms with van der Waals surface area (Å²) in [4.78, 5) is 27.5.